The number of rotatable bonds is 2. The Labute approximate surface area is 117 Å². The first-order valence-electron chi connectivity index (χ1n) is 7.03. The van der Waals surface area contributed by atoms with Crippen molar-refractivity contribution in [3.05, 3.63) is 35.4 Å². The van der Waals surface area contributed by atoms with Gasteiger partial charge in [0.25, 0.3) is 0 Å². The van der Waals surface area contributed by atoms with Crippen LogP contribution in [0.15, 0.2) is 24.3 Å². The summed E-state index contributed by atoms with van der Waals surface area (Å²) in [5.74, 6) is 0. The summed E-state index contributed by atoms with van der Waals surface area (Å²) < 4.78 is 37.6. The van der Waals surface area contributed by atoms with Crippen molar-refractivity contribution in [2.75, 3.05) is 0 Å². The molecule has 0 bridgehead atoms. The van der Waals surface area contributed by atoms with Crippen LogP contribution in [0.2, 0.25) is 0 Å². The highest BCUT2D eigenvalue weighted by atomic mass is 19.4. The Balaban J connectivity index is 2.14. The second kappa shape index (κ2) is 5.87. The van der Waals surface area contributed by atoms with Crippen LogP contribution in [0.4, 0.5) is 13.2 Å². The highest BCUT2D eigenvalue weighted by molar-refractivity contribution is 5.26. The van der Waals surface area contributed by atoms with E-state index in [-0.39, 0.29) is 0 Å². The molecule has 0 radical (unpaired) electrons. The van der Waals surface area contributed by atoms with Crippen molar-refractivity contribution in [3.8, 4) is 6.07 Å². The molecule has 0 aliphatic heterocycles. The molecule has 2 rings (SSSR count). The molecule has 1 nitrogen and oxygen atoms in total. The van der Waals surface area contributed by atoms with Crippen LogP contribution in [-0.4, -0.2) is 0 Å². The van der Waals surface area contributed by atoms with E-state index in [1.54, 1.807) is 0 Å². The minimum atomic E-state index is -4.30. The van der Waals surface area contributed by atoms with E-state index < -0.39 is 17.2 Å². The molecule has 1 aromatic rings. The molecule has 0 aromatic heterocycles. The van der Waals surface area contributed by atoms with E-state index in [1.807, 2.05) is 0 Å². The fraction of sp³-hybridized carbons (Fsp3) is 0.562. The minimum Gasteiger partial charge on any atom is -0.198 e. The molecule has 20 heavy (non-hydrogen) atoms. The van der Waals surface area contributed by atoms with Crippen LogP contribution in [0, 0.1) is 16.7 Å². The van der Waals surface area contributed by atoms with E-state index in [0.29, 0.717) is 6.42 Å². The van der Waals surface area contributed by atoms with Gasteiger partial charge in [0.1, 0.15) is 0 Å². The Hall–Kier alpha value is -1.50. The summed E-state index contributed by atoms with van der Waals surface area (Å²) in [6.45, 7) is 0. The van der Waals surface area contributed by atoms with Crippen molar-refractivity contribution in [3.63, 3.8) is 0 Å². The third kappa shape index (κ3) is 3.53. The zero-order valence-electron chi connectivity index (χ0n) is 11.3. The Morgan fingerprint density at radius 3 is 2.00 bits per heavy atom. The van der Waals surface area contributed by atoms with Crippen molar-refractivity contribution in [2.24, 2.45) is 5.41 Å². The number of alkyl halides is 3. The quantitative estimate of drug-likeness (QED) is 0.691. The first-order valence-corrected chi connectivity index (χ1v) is 7.03. The van der Waals surface area contributed by atoms with Gasteiger partial charge in [0, 0.05) is 0 Å². The lowest BCUT2D eigenvalue weighted by atomic mass is 9.76. The molecule has 0 saturated heterocycles. The maximum absolute atomic E-state index is 12.5. The smallest absolute Gasteiger partial charge is 0.198 e. The zero-order valence-corrected chi connectivity index (χ0v) is 11.3. The lowest BCUT2D eigenvalue weighted by Gasteiger charge is -2.25. The average Bonchev–Trinajstić information content (AvgIpc) is 2.64. The standard InChI is InChI=1S/C16H18F3N/c17-16(18,19)14-7-5-13(6-8-14)11-15(12-20)9-3-1-2-4-10-15/h5-8H,1-4,9-11H2. The van der Waals surface area contributed by atoms with Crippen LogP contribution in [0.3, 0.4) is 0 Å². The van der Waals surface area contributed by atoms with Gasteiger partial charge >= 0.3 is 6.18 Å². The van der Waals surface area contributed by atoms with Gasteiger partial charge in [-0.15, -0.1) is 0 Å². The van der Waals surface area contributed by atoms with Crippen LogP contribution >= 0.6 is 0 Å². The first-order chi connectivity index (χ1) is 9.45. The van der Waals surface area contributed by atoms with Crippen LogP contribution in [0.5, 0.6) is 0 Å². The number of benzene rings is 1. The van der Waals surface area contributed by atoms with Crippen molar-refractivity contribution in [1.82, 2.24) is 0 Å². The summed E-state index contributed by atoms with van der Waals surface area (Å²) >= 11 is 0. The minimum absolute atomic E-state index is 0.393. The van der Waals surface area contributed by atoms with E-state index in [4.69, 9.17) is 0 Å². The van der Waals surface area contributed by atoms with Crippen LogP contribution in [0.25, 0.3) is 0 Å². The Bertz CT molecular complexity index is 474. The second-order valence-electron chi connectivity index (χ2n) is 5.68. The normalized spacial score (nSPS) is 19.1. The number of halogens is 3. The number of nitrogens with zero attached hydrogens (tertiary/aromatic N) is 1. The molecule has 1 saturated carbocycles. The molecule has 0 atom stereocenters. The topological polar surface area (TPSA) is 23.8 Å². The van der Waals surface area contributed by atoms with Crippen LogP contribution in [0.1, 0.15) is 49.7 Å². The van der Waals surface area contributed by atoms with Crippen LogP contribution < -0.4 is 0 Å². The fourth-order valence-corrected chi connectivity index (χ4v) is 2.94. The lowest BCUT2D eigenvalue weighted by molar-refractivity contribution is -0.137. The SMILES string of the molecule is N#CC1(Cc2ccc(C(F)(F)F)cc2)CCCCCC1. The predicted octanol–water partition coefficient (Wildman–Crippen LogP) is 5.11. The summed E-state index contributed by atoms with van der Waals surface area (Å²) in [5.41, 5.74) is -0.203. The van der Waals surface area contributed by atoms with Gasteiger partial charge in [-0.25, -0.2) is 0 Å². The molecule has 1 aromatic carbocycles. The number of hydrogen-bond acceptors (Lipinski definition) is 1. The van der Waals surface area contributed by atoms with E-state index in [1.165, 1.54) is 12.1 Å². The average molecular weight is 281 g/mol. The van der Waals surface area contributed by atoms with Gasteiger partial charge in [0.2, 0.25) is 0 Å². The van der Waals surface area contributed by atoms with E-state index >= 15 is 0 Å². The van der Waals surface area contributed by atoms with Gasteiger partial charge < -0.3 is 0 Å². The molecule has 0 amide bonds. The third-order valence-corrected chi connectivity index (χ3v) is 4.12. The van der Waals surface area contributed by atoms with Gasteiger partial charge in [0.15, 0.2) is 0 Å². The molecule has 0 N–H and O–H groups in total. The second-order valence-corrected chi connectivity index (χ2v) is 5.68. The number of nitriles is 1. The van der Waals surface area contributed by atoms with Crippen LogP contribution in [-0.2, 0) is 12.6 Å². The highest BCUT2D eigenvalue weighted by Gasteiger charge is 2.32. The number of hydrogen-bond donors (Lipinski definition) is 0. The van der Waals surface area contributed by atoms with Crippen molar-refractivity contribution in [2.45, 2.75) is 51.1 Å². The molecule has 0 spiro atoms. The zero-order chi connectivity index (χ0) is 14.6. The third-order valence-electron chi connectivity index (χ3n) is 4.12. The molecule has 4 heteroatoms. The summed E-state index contributed by atoms with van der Waals surface area (Å²) in [7, 11) is 0. The molecule has 108 valence electrons. The highest BCUT2D eigenvalue weighted by Crippen LogP contribution is 2.38. The van der Waals surface area contributed by atoms with Gasteiger partial charge in [-0.3, -0.25) is 0 Å². The van der Waals surface area contributed by atoms with Gasteiger partial charge in [0.05, 0.1) is 17.0 Å². The largest absolute Gasteiger partial charge is 0.416 e. The molecule has 1 fully saturated rings. The monoisotopic (exact) mass is 281 g/mol. The maximum Gasteiger partial charge on any atom is 0.416 e. The molecular weight excluding hydrogens is 263 g/mol. The maximum atomic E-state index is 12.5. The molecule has 0 heterocycles. The predicted molar refractivity (Wildman–Crippen MR) is 70.9 cm³/mol. The summed E-state index contributed by atoms with van der Waals surface area (Å²) in [5, 5.41) is 9.48. The lowest BCUT2D eigenvalue weighted by Crippen LogP contribution is -2.21. The fourth-order valence-electron chi connectivity index (χ4n) is 2.94. The first kappa shape index (κ1) is 14.9. The Kier molecular flexibility index (Phi) is 4.37. The van der Waals surface area contributed by atoms with E-state index in [9.17, 15) is 18.4 Å². The van der Waals surface area contributed by atoms with Crippen molar-refractivity contribution in [1.29, 1.82) is 5.26 Å². The Morgan fingerprint density at radius 1 is 1.00 bits per heavy atom. The van der Waals surface area contributed by atoms with Gasteiger partial charge in [-0.2, -0.15) is 18.4 Å². The summed E-state index contributed by atoms with van der Waals surface area (Å²) in [6.07, 6.45) is 2.33. The molecule has 0 unspecified atom stereocenters. The van der Waals surface area contributed by atoms with E-state index in [0.717, 1.165) is 56.2 Å². The van der Waals surface area contributed by atoms with Gasteiger partial charge in [-0.05, 0) is 37.0 Å². The molecular formula is C16H18F3N. The summed E-state index contributed by atoms with van der Waals surface area (Å²) in [6, 6.07) is 7.66. The molecule has 1 aliphatic carbocycles. The molecule has 1 aliphatic rings. The Morgan fingerprint density at radius 2 is 1.55 bits per heavy atom. The summed E-state index contributed by atoms with van der Waals surface area (Å²) in [4.78, 5) is 0. The van der Waals surface area contributed by atoms with Crippen molar-refractivity contribution < 1.29 is 13.2 Å². The van der Waals surface area contributed by atoms with Gasteiger partial charge in [-0.1, -0.05) is 37.8 Å². The van der Waals surface area contributed by atoms with E-state index in [2.05, 4.69) is 6.07 Å². The van der Waals surface area contributed by atoms with Crippen molar-refractivity contribution >= 4 is 0 Å².